The van der Waals surface area contributed by atoms with Crippen LogP contribution in [0.2, 0.25) is 0 Å². The van der Waals surface area contributed by atoms with Gasteiger partial charge in [0.15, 0.2) is 0 Å². The molecule has 1 aromatic carbocycles. The van der Waals surface area contributed by atoms with Gasteiger partial charge in [0.25, 0.3) is 0 Å². The first-order chi connectivity index (χ1) is 9.13. The van der Waals surface area contributed by atoms with Crippen molar-refractivity contribution in [2.45, 2.75) is 50.0 Å². The summed E-state index contributed by atoms with van der Waals surface area (Å²) in [6.07, 6.45) is 5.58. The smallest absolute Gasteiger partial charge is 0.307 e. The van der Waals surface area contributed by atoms with Crippen LogP contribution >= 0.6 is 11.8 Å². The van der Waals surface area contributed by atoms with E-state index in [9.17, 15) is 4.79 Å². The van der Waals surface area contributed by atoms with Crippen LogP contribution in [-0.4, -0.2) is 16.3 Å². The maximum absolute atomic E-state index is 10.6. The molecule has 104 valence electrons. The van der Waals surface area contributed by atoms with E-state index in [1.54, 1.807) is 0 Å². The number of carboxylic acid groups (broad SMARTS) is 1. The van der Waals surface area contributed by atoms with Crippen molar-refractivity contribution in [2.75, 3.05) is 0 Å². The fraction of sp³-hybridized carbons (Fsp3) is 0.562. The first kappa shape index (κ1) is 14.4. The third-order valence-corrected chi connectivity index (χ3v) is 5.15. The van der Waals surface area contributed by atoms with Gasteiger partial charge in [0.1, 0.15) is 0 Å². The lowest BCUT2D eigenvalue weighted by Crippen LogP contribution is -2.15. The second-order valence-corrected chi connectivity index (χ2v) is 6.88. The molecule has 0 aliphatic heterocycles. The standard InChI is InChI=1S/C16H22O2S/c1-12-3-2-4-15(9-12)19-11-14-7-5-13(6-8-14)10-16(17)18/h5-8,12,15H,2-4,9-11H2,1H3,(H,17,18). The lowest BCUT2D eigenvalue weighted by molar-refractivity contribution is -0.136. The maximum atomic E-state index is 10.6. The average Bonchev–Trinajstić information content (AvgIpc) is 2.37. The summed E-state index contributed by atoms with van der Waals surface area (Å²) in [5.74, 6) is 1.16. The number of thioether (sulfide) groups is 1. The summed E-state index contributed by atoms with van der Waals surface area (Å²) >= 11 is 2.06. The van der Waals surface area contributed by atoms with E-state index in [0.717, 1.165) is 22.5 Å². The summed E-state index contributed by atoms with van der Waals surface area (Å²) in [6.45, 7) is 2.35. The summed E-state index contributed by atoms with van der Waals surface area (Å²) in [6, 6.07) is 8.01. The van der Waals surface area contributed by atoms with E-state index in [2.05, 4.69) is 30.8 Å². The third kappa shape index (κ3) is 4.90. The highest BCUT2D eigenvalue weighted by molar-refractivity contribution is 7.99. The molecule has 19 heavy (non-hydrogen) atoms. The molecule has 1 fully saturated rings. The van der Waals surface area contributed by atoms with Crippen LogP contribution in [0.4, 0.5) is 0 Å². The first-order valence-electron chi connectivity index (χ1n) is 7.04. The van der Waals surface area contributed by atoms with Gasteiger partial charge < -0.3 is 5.11 Å². The molecule has 0 heterocycles. The van der Waals surface area contributed by atoms with E-state index in [1.807, 2.05) is 12.1 Å². The molecule has 2 rings (SSSR count). The highest BCUT2D eigenvalue weighted by Gasteiger charge is 2.18. The van der Waals surface area contributed by atoms with Crippen LogP contribution in [0.1, 0.15) is 43.7 Å². The van der Waals surface area contributed by atoms with Crippen LogP contribution in [0.3, 0.4) is 0 Å². The molecule has 0 spiro atoms. The summed E-state index contributed by atoms with van der Waals surface area (Å²) in [7, 11) is 0. The number of hydrogen-bond donors (Lipinski definition) is 1. The van der Waals surface area contributed by atoms with Crippen LogP contribution in [-0.2, 0) is 17.0 Å². The minimum Gasteiger partial charge on any atom is -0.481 e. The van der Waals surface area contributed by atoms with Crippen LogP contribution in [0.5, 0.6) is 0 Å². The van der Waals surface area contributed by atoms with Crippen molar-refractivity contribution in [1.82, 2.24) is 0 Å². The van der Waals surface area contributed by atoms with Gasteiger partial charge in [-0.3, -0.25) is 4.79 Å². The van der Waals surface area contributed by atoms with E-state index in [1.165, 1.54) is 31.2 Å². The van der Waals surface area contributed by atoms with Crippen LogP contribution in [0, 0.1) is 5.92 Å². The van der Waals surface area contributed by atoms with Gasteiger partial charge in [-0.1, -0.05) is 44.0 Å². The normalized spacial score (nSPS) is 23.2. The molecule has 1 N–H and O–H groups in total. The molecule has 1 aliphatic carbocycles. The van der Waals surface area contributed by atoms with Gasteiger partial charge in [0, 0.05) is 11.0 Å². The molecule has 2 nitrogen and oxygen atoms in total. The second kappa shape index (κ2) is 6.99. The molecule has 2 atom stereocenters. The zero-order valence-corrected chi connectivity index (χ0v) is 12.3. The predicted molar refractivity (Wildman–Crippen MR) is 80.5 cm³/mol. The molecule has 0 aromatic heterocycles. The number of carboxylic acids is 1. The van der Waals surface area contributed by atoms with Gasteiger partial charge in [-0.05, 0) is 29.9 Å². The van der Waals surface area contributed by atoms with Gasteiger partial charge in [-0.2, -0.15) is 11.8 Å². The van der Waals surface area contributed by atoms with Gasteiger partial charge >= 0.3 is 5.97 Å². The molecular formula is C16H22O2S. The number of carbonyl (C=O) groups is 1. The minimum absolute atomic E-state index is 0.119. The van der Waals surface area contributed by atoms with Crippen molar-refractivity contribution in [1.29, 1.82) is 0 Å². The highest BCUT2D eigenvalue weighted by atomic mass is 32.2. The number of benzene rings is 1. The van der Waals surface area contributed by atoms with Crippen LogP contribution < -0.4 is 0 Å². The molecule has 0 saturated heterocycles. The highest BCUT2D eigenvalue weighted by Crippen LogP contribution is 2.33. The Morgan fingerprint density at radius 3 is 2.58 bits per heavy atom. The van der Waals surface area contributed by atoms with Crippen molar-refractivity contribution in [3.63, 3.8) is 0 Å². The molecule has 1 saturated carbocycles. The Balaban J connectivity index is 1.81. The summed E-state index contributed by atoms with van der Waals surface area (Å²) in [4.78, 5) is 10.6. The van der Waals surface area contributed by atoms with Gasteiger partial charge in [-0.15, -0.1) is 0 Å². The molecule has 0 bridgehead atoms. The van der Waals surface area contributed by atoms with Crippen molar-refractivity contribution >= 4 is 17.7 Å². The van der Waals surface area contributed by atoms with Crippen molar-refractivity contribution in [2.24, 2.45) is 5.92 Å². The fourth-order valence-corrected chi connectivity index (χ4v) is 4.09. The zero-order valence-electron chi connectivity index (χ0n) is 11.5. The van der Waals surface area contributed by atoms with Crippen molar-refractivity contribution in [3.05, 3.63) is 35.4 Å². The maximum Gasteiger partial charge on any atom is 0.307 e. The van der Waals surface area contributed by atoms with Gasteiger partial charge in [0.2, 0.25) is 0 Å². The second-order valence-electron chi connectivity index (χ2n) is 5.59. The summed E-state index contributed by atoms with van der Waals surface area (Å²) < 4.78 is 0. The molecule has 1 aliphatic rings. The molecule has 0 radical (unpaired) electrons. The lowest BCUT2D eigenvalue weighted by atomic mass is 9.91. The first-order valence-corrected chi connectivity index (χ1v) is 8.09. The number of rotatable bonds is 5. The Kier molecular flexibility index (Phi) is 5.32. The van der Waals surface area contributed by atoms with Crippen LogP contribution in [0.15, 0.2) is 24.3 Å². The van der Waals surface area contributed by atoms with Gasteiger partial charge in [0.05, 0.1) is 6.42 Å². The van der Waals surface area contributed by atoms with E-state index in [0.29, 0.717) is 0 Å². The number of hydrogen-bond acceptors (Lipinski definition) is 2. The largest absolute Gasteiger partial charge is 0.481 e. The van der Waals surface area contributed by atoms with E-state index >= 15 is 0 Å². The van der Waals surface area contributed by atoms with Crippen LogP contribution in [0.25, 0.3) is 0 Å². The monoisotopic (exact) mass is 278 g/mol. The molecule has 3 heteroatoms. The topological polar surface area (TPSA) is 37.3 Å². The Bertz CT molecular complexity index is 413. The van der Waals surface area contributed by atoms with Crippen molar-refractivity contribution in [3.8, 4) is 0 Å². The Morgan fingerprint density at radius 1 is 1.26 bits per heavy atom. The Morgan fingerprint density at radius 2 is 1.95 bits per heavy atom. The van der Waals surface area contributed by atoms with E-state index < -0.39 is 5.97 Å². The summed E-state index contributed by atoms with van der Waals surface area (Å²) in [5, 5.41) is 9.54. The van der Waals surface area contributed by atoms with E-state index in [-0.39, 0.29) is 6.42 Å². The lowest BCUT2D eigenvalue weighted by Gasteiger charge is -2.26. The average molecular weight is 278 g/mol. The molecule has 2 unspecified atom stereocenters. The Hall–Kier alpha value is -0.960. The third-order valence-electron chi connectivity index (χ3n) is 3.75. The predicted octanol–water partition coefficient (Wildman–Crippen LogP) is 4.13. The zero-order chi connectivity index (χ0) is 13.7. The Labute approximate surface area is 119 Å². The fourth-order valence-electron chi connectivity index (χ4n) is 2.67. The van der Waals surface area contributed by atoms with Gasteiger partial charge in [-0.25, -0.2) is 0 Å². The molecular weight excluding hydrogens is 256 g/mol. The van der Waals surface area contributed by atoms with E-state index in [4.69, 9.17) is 5.11 Å². The molecule has 0 amide bonds. The van der Waals surface area contributed by atoms with Crippen molar-refractivity contribution < 1.29 is 9.90 Å². The SMILES string of the molecule is CC1CCCC(SCc2ccc(CC(=O)O)cc2)C1. The number of aliphatic carboxylic acids is 1. The quantitative estimate of drug-likeness (QED) is 0.880. The summed E-state index contributed by atoms with van der Waals surface area (Å²) in [5.41, 5.74) is 2.19. The minimum atomic E-state index is -0.765. The molecule has 1 aromatic rings.